The van der Waals surface area contributed by atoms with Crippen LogP contribution in [0.1, 0.15) is 25.6 Å². The summed E-state index contributed by atoms with van der Waals surface area (Å²) in [7, 11) is 0. The highest BCUT2D eigenvalue weighted by atomic mass is 32.2. The lowest BCUT2D eigenvalue weighted by molar-refractivity contribution is 0.101. The van der Waals surface area contributed by atoms with Crippen molar-refractivity contribution in [2.24, 2.45) is 0 Å². The number of aryl methyl sites for hydroxylation is 1. The summed E-state index contributed by atoms with van der Waals surface area (Å²) in [5, 5.41) is 12.9. The molecule has 0 saturated heterocycles. The third-order valence-electron chi connectivity index (χ3n) is 3.07. The third-order valence-corrected chi connectivity index (χ3v) is 5.91. The molecule has 3 aromatic rings. The van der Waals surface area contributed by atoms with Gasteiger partial charge in [-0.05, 0) is 18.4 Å². The van der Waals surface area contributed by atoms with Gasteiger partial charge in [0.25, 0.3) is 5.91 Å². The number of thiophene rings is 1. The number of hydrogen-bond acceptors (Lipinski definition) is 7. The average molecular weight is 376 g/mol. The van der Waals surface area contributed by atoms with Gasteiger partial charge < -0.3 is 0 Å². The molecule has 0 fully saturated rings. The van der Waals surface area contributed by atoms with Gasteiger partial charge in [0, 0.05) is 5.56 Å². The summed E-state index contributed by atoms with van der Waals surface area (Å²) in [6.07, 6.45) is 0. The molecule has 3 rings (SSSR count). The molecule has 0 saturated carbocycles. The quantitative estimate of drug-likeness (QED) is 0.398. The zero-order valence-electron chi connectivity index (χ0n) is 12.7. The van der Waals surface area contributed by atoms with Crippen LogP contribution in [0.2, 0.25) is 0 Å². The fraction of sp³-hybridized carbons (Fsp3) is 0.125. The van der Waals surface area contributed by atoms with Gasteiger partial charge in [0.05, 0.1) is 10.6 Å². The molecule has 0 aliphatic heterocycles. The van der Waals surface area contributed by atoms with Gasteiger partial charge in [-0.1, -0.05) is 59.0 Å². The Labute approximate surface area is 151 Å². The van der Waals surface area contributed by atoms with E-state index in [9.17, 15) is 9.59 Å². The van der Waals surface area contributed by atoms with Crippen molar-refractivity contribution < 1.29 is 9.59 Å². The summed E-state index contributed by atoms with van der Waals surface area (Å²) in [6, 6.07) is 11.0. The molecule has 2 heterocycles. The topological polar surface area (TPSA) is 72.0 Å². The first-order valence-corrected chi connectivity index (χ1v) is 9.71. The van der Waals surface area contributed by atoms with Crippen LogP contribution in [0.3, 0.4) is 0 Å². The SMILES string of the molecule is Cc1ccc(C(=O)CSc2nnc(NC(=O)c3cccs3)s2)cc1. The first kappa shape index (κ1) is 16.8. The van der Waals surface area contributed by atoms with Gasteiger partial charge in [-0.2, -0.15) is 0 Å². The molecule has 1 aromatic carbocycles. The molecule has 5 nitrogen and oxygen atoms in total. The highest BCUT2D eigenvalue weighted by Gasteiger charge is 2.13. The van der Waals surface area contributed by atoms with Crippen LogP contribution in [0.25, 0.3) is 0 Å². The van der Waals surface area contributed by atoms with E-state index in [4.69, 9.17) is 0 Å². The third kappa shape index (κ3) is 4.28. The number of hydrogen-bond donors (Lipinski definition) is 1. The van der Waals surface area contributed by atoms with Crippen molar-refractivity contribution in [1.82, 2.24) is 10.2 Å². The lowest BCUT2D eigenvalue weighted by Gasteiger charge is -1.99. The van der Waals surface area contributed by atoms with Crippen LogP contribution in [0.4, 0.5) is 5.13 Å². The maximum absolute atomic E-state index is 12.1. The molecule has 8 heteroatoms. The fourth-order valence-corrected chi connectivity index (χ4v) is 4.10. The van der Waals surface area contributed by atoms with Crippen molar-refractivity contribution >= 4 is 51.3 Å². The van der Waals surface area contributed by atoms with E-state index < -0.39 is 0 Å². The highest BCUT2D eigenvalue weighted by molar-refractivity contribution is 8.01. The Morgan fingerprint density at radius 3 is 2.67 bits per heavy atom. The van der Waals surface area contributed by atoms with E-state index in [1.54, 1.807) is 6.07 Å². The van der Waals surface area contributed by atoms with Crippen molar-refractivity contribution in [3.63, 3.8) is 0 Å². The van der Waals surface area contributed by atoms with Crippen LogP contribution in [-0.4, -0.2) is 27.6 Å². The molecule has 0 radical (unpaired) electrons. The van der Waals surface area contributed by atoms with Crippen LogP contribution < -0.4 is 5.32 Å². The zero-order chi connectivity index (χ0) is 16.9. The fourth-order valence-electron chi connectivity index (χ4n) is 1.84. The number of benzene rings is 1. The summed E-state index contributed by atoms with van der Waals surface area (Å²) in [6.45, 7) is 1.98. The van der Waals surface area contributed by atoms with E-state index in [2.05, 4.69) is 15.5 Å². The first-order chi connectivity index (χ1) is 11.6. The van der Waals surface area contributed by atoms with Gasteiger partial charge in [-0.15, -0.1) is 21.5 Å². The predicted octanol–water partition coefficient (Wildman–Crippen LogP) is 4.14. The smallest absolute Gasteiger partial charge is 0.267 e. The number of amides is 1. The summed E-state index contributed by atoms with van der Waals surface area (Å²) in [5.41, 5.74) is 1.80. The summed E-state index contributed by atoms with van der Waals surface area (Å²) < 4.78 is 0.650. The number of nitrogens with zero attached hydrogens (tertiary/aromatic N) is 2. The van der Waals surface area contributed by atoms with Gasteiger partial charge in [-0.3, -0.25) is 14.9 Å². The van der Waals surface area contributed by atoms with Crippen LogP contribution in [0.5, 0.6) is 0 Å². The largest absolute Gasteiger partial charge is 0.296 e. The van der Waals surface area contributed by atoms with E-state index in [1.165, 1.54) is 34.4 Å². The Morgan fingerprint density at radius 1 is 1.17 bits per heavy atom. The van der Waals surface area contributed by atoms with Crippen molar-refractivity contribution in [2.75, 3.05) is 11.1 Å². The van der Waals surface area contributed by atoms with Gasteiger partial charge in [-0.25, -0.2) is 0 Å². The lowest BCUT2D eigenvalue weighted by atomic mass is 10.1. The summed E-state index contributed by atoms with van der Waals surface area (Å²) in [4.78, 5) is 24.7. The zero-order valence-corrected chi connectivity index (χ0v) is 15.1. The van der Waals surface area contributed by atoms with E-state index in [1.807, 2.05) is 42.6 Å². The molecule has 0 bridgehead atoms. The Kier molecular flexibility index (Phi) is 5.39. The Morgan fingerprint density at radius 2 is 1.96 bits per heavy atom. The second kappa shape index (κ2) is 7.69. The molecule has 0 unspecified atom stereocenters. The molecule has 1 N–H and O–H groups in total. The van der Waals surface area contributed by atoms with E-state index in [-0.39, 0.29) is 17.4 Å². The standard InChI is InChI=1S/C16H13N3O2S3/c1-10-4-6-11(7-5-10)12(20)9-23-16-19-18-15(24-16)17-14(21)13-3-2-8-22-13/h2-8H,9H2,1H3,(H,17,18,21). The number of rotatable bonds is 6. The molecule has 122 valence electrons. The summed E-state index contributed by atoms with van der Waals surface area (Å²) >= 11 is 3.94. The normalized spacial score (nSPS) is 10.5. The number of thioether (sulfide) groups is 1. The van der Waals surface area contributed by atoms with E-state index in [0.717, 1.165) is 5.56 Å². The molecular weight excluding hydrogens is 362 g/mol. The number of ketones is 1. The first-order valence-electron chi connectivity index (χ1n) is 7.03. The number of aromatic nitrogens is 2. The molecule has 2 aromatic heterocycles. The summed E-state index contributed by atoms with van der Waals surface area (Å²) in [5.74, 6) is 0.129. The molecule has 0 atom stereocenters. The van der Waals surface area contributed by atoms with Gasteiger partial charge >= 0.3 is 0 Å². The lowest BCUT2D eigenvalue weighted by Crippen LogP contribution is -2.09. The Hall–Kier alpha value is -2.03. The van der Waals surface area contributed by atoms with Crippen molar-refractivity contribution in [1.29, 1.82) is 0 Å². The minimum Gasteiger partial charge on any atom is -0.296 e. The number of carbonyl (C=O) groups is 2. The number of carbonyl (C=O) groups excluding carboxylic acids is 2. The maximum Gasteiger partial charge on any atom is 0.267 e. The number of Topliss-reactive ketones (excluding diaryl/α,β-unsaturated/α-hetero) is 1. The van der Waals surface area contributed by atoms with Crippen molar-refractivity contribution in [3.05, 3.63) is 57.8 Å². The van der Waals surface area contributed by atoms with E-state index >= 15 is 0 Å². The molecule has 0 spiro atoms. The molecule has 0 aliphatic carbocycles. The predicted molar refractivity (Wildman–Crippen MR) is 98.4 cm³/mol. The van der Waals surface area contributed by atoms with Crippen molar-refractivity contribution in [3.8, 4) is 0 Å². The van der Waals surface area contributed by atoms with Crippen molar-refractivity contribution in [2.45, 2.75) is 11.3 Å². The van der Waals surface area contributed by atoms with E-state index in [0.29, 0.717) is 19.9 Å². The number of anilines is 1. The molecular formula is C16H13N3O2S3. The van der Waals surface area contributed by atoms with Crippen LogP contribution >= 0.6 is 34.4 Å². The second-order valence-corrected chi connectivity index (χ2v) is 8.03. The highest BCUT2D eigenvalue weighted by Crippen LogP contribution is 2.26. The monoisotopic (exact) mass is 375 g/mol. The minimum absolute atomic E-state index is 0.0411. The molecule has 1 amide bonds. The molecule has 0 aliphatic rings. The second-order valence-electron chi connectivity index (χ2n) is 4.88. The van der Waals surface area contributed by atoms with Gasteiger partial charge in [0.15, 0.2) is 10.1 Å². The van der Waals surface area contributed by atoms with Crippen LogP contribution in [-0.2, 0) is 0 Å². The minimum atomic E-state index is -0.201. The number of nitrogens with one attached hydrogen (secondary N) is 1. The Bertz CT molecular complexity index is 842. The van der Waals surface area contributed by atoms with Gasteiger partial charge in [0.2, 0.25) is 5.13 Å². The average Bonchev–Trinajstić information content (AvgIpc) is 3.25. The Balaban J connectivity index is 1.55. The maximum atomic E-state index is 12.1. The van der Waals surface area contributed by atoms with Gasteiger partial charge in [0.1, 0.15) is 0 Å². The van der Waals surface area contributed by atoms with Crippen LogP contribution in [0, 0.1) is 6.92 Å². The van der Waals surface area contributed by atoms with Crippen LogP contribution in [0.15, 0.2) is 46.1 Å². The molecule has 24 heavy (non-hydrogen) atoms.